The number of thioether (sulfide) groups is 1. The first-order valence-electron chi connectivity index (χ1n) is 15.9. The molecule has 0 aliphatic heterocycles. The van der Waals surface area contributed by atoms with E-state index in [4.69, 9.17) is 4.84 Å². The van der Waals surface area contributed by atoms with Gasteiger partial charge < -0.3 is 9.40 Å². The number of benzene rings is 5. The Hall–Kier alpha value is -5.58. The lowest BCUT2D eigenvalue weighted by molar-refractivity contribution is -0.145. The number of hydrogen-bond acceptors (Lipinski definition) is 8. The Morgan fingerprint density at radius 3 is 2.18 bits per heavy atom. The van der Waals surface area contributed by atoms with Crippen LogP contribution in [0.5, 0.6) is 0 Å². The molecule has 2 aromatic heterocycles. The smallest absolute Gasteiger partial charge is 0.329 e. The van der Waals surface area contributed by atoms with E-state index in [1.54, 1.807) is 29.2 Å². The fourth-order valence-corrected chi connectivity index (χ4v) is 7.92. The van der Waals surface area contributed by atoms with Gasteiger partial charge in [-0.25, -0.2) is 14.9 Å². The third-order valence-corrected chi connectivity index (χ3v) is 10.6. The van der Waals surface area contributed by atoms with Gasteiger partial charge in [0.2, 0.25) is 0 Å². The lowest BCUT2D eigenvalue weighted by Gasteiger charge is -2.11. The number of ketones is 2. The average molecular weight is 700 g/mol. The van der Waals surface area contributed by atoms with E-state index in [-0.39, 0.29) is 11.6 Å². The molecule has 10 heteroatoms. The van der Waals surface area contributed by atoms with Crippen LogP contribution in [0.25, 0.3) is 43.4 Å². The van der Waals surface area contributed by atoms with E-state index in [1.807, 2.05) is 72.8 Å². The molecule has 1 N–H and O–H groups in total. The Morgan fingerprint density at radius 2 is 1.48 bits per heavy atom. The van der Waals surface area contributed by atoms with Crippen molar-refractivity contribution in [2.24, 2.45) is 0 Å². The number of halogens is 1. The van der Waals surface area contributed by atoms with Crippen LogP contribution in [-0.4, -0.2) is 32.8 Å². The molecule has 0 saturated heterocycles. The lowest BCUT2D eigenvalue weighted by atomic mass is 10.00. The van der Waals surface area contributed by atoms with Crippen LogP contribution in [0.2, 0.25) is 0 Å². The quantitative estimate of drug-likeness (QED) is 0.0588. The number of rotatable bonds is 12. The van der Waals surface area contributed by atoms with Crippen molar-refractivity contribution < 1.29 is 23.6 Å². The van der Waals surface area contributed by atoms with Crippen molar-refractivity contribution in [1.82, 2.24) is 15.0 Å². The van der Waals surface area contributed by atoms with Crippen molar-refractivity contribution in [2.75, 3.05) is 5.75 Å². The summed E-state index contributed by atoms with van der Waals surface area (Å²) in [5.41, 5.74) is 8.69. The molecular formula is C40H30FN3O4S2. The number of aromatic nitrogens is 2. The van der Waals surface area contributed by atoms with E-state index in [0.29, 0.717) is 35.2 Å². The zero-order valence-corrected chi connectivity index (χ0v) is 28.6. The number of hydrogen-bond donors (Lipinski definition) is 1. The predicted octanol–water partition coefficient (Wildman–Crippen LogP) is 9.56. The third-order valence-electron chi connectivity index (χ3n) is 8.30. The molecule has 7 rings (SSSR count). The second-order valence-corrected chi connectivity index (χ2v) is 14.1. The van der Waals surface area contributed by atoms with Gasteiger partial charge in [0.25, 0.3) is 0 Å². The van der Waals surface area contributed by atoms with Crippen molar-refractivity contribution >= 4 is 78.4 Å². The summed E-state index contributed by atoms with van der Waals surface area (Å²) in [4.78, 5) is 47.7. The summed E-state index contributed by atoms with van der Waals surface area (Å²) in [6.45, 7) is 5.24. The van der Waals surface area contributed by atoms with Crippen molar-refractivity contribution in [3.63, 3.8) is 0 Å². The van der Waals surface area contributed by atoms with Crippen LogP contribution >= 0.6 is 23.1 Å². The van der Waals surface area contributed by atoms with E-state index < -0.39 is 11.8 Å². The predicted molar refractivity (Wildman–Crippen MR) is 198 cm³/mol. The fourth-order valence-electron chi connectivity index (χ4n) is 5.84. The minimum atomic E-state index is -0.480. The standard InChI is InChI=1S/C40H30FN3O4S2/c1-24(43-48-25(2)45)26-11-17-31(18-12-26)44-35-19-13-28(37(46)7-5-21-49-40-42-34-6-3-4-8-38(34)50-40)22-32(35)33-23-29(14-20-36(33)44)39(47)27-9-15-30(41)16-10-27/h3-4,6,8-20,22-23,43H,1,5,7,21H2,2H3. The molecule has 0 amide bonds. The molecule has 2 heterocycles. The topological polar surface area (TPSA) is 90.3 Å². The van der Waals surface area contributed by atoms with Gasteiger partial charge in [0.15, 0.2) is 15.9 Å². The number of para-hydroxylation sites is 1. The summed E-state index contributed by atoms with van der Waals surface area (Å²) < 4.78 is 17.8. The van der Waals surface area contributed by atoms with Gasteiger partial charge in [0.1, 0.15) is 5.82 Å². The van der Waals surface area contributed by atoms with Gasteiger partial charge in [-0.05, 0) is 91.3 Å². The molecular weight excluding hydrogens is 670 g/mol. The normalized spacial score (nSPS) is 11.2. The van der Waals surface area contributed by atoms with Crippen LogP contribution in [0.4, 0.5) is 4.39 Å². The molecule has 0 fully saturated rings. The lowest BCUT2D eigenvalue weighted by Crippen LogP contribution is -2.15. The van der Waals surface area contributed by atoms with Crippen molar-refractivity contribution in [3.05, 3.63) is 144 Å². The molecule has 0 aliphatic rings. The number of nitrogens with one attached hydrogen (secondary N) is 1. The molecule has 0 atom stereocenters. The summed E-state index contributed by atoms with van der Waals surface area (Å²) in [6.07, 6.45) is 1.10. The van der Waals surface area contributed by atoms with Gasteiger partial charge in [-0.2, -0.15) is 0 Å². The Morgan fingerprint density at radius 1 is 0.840 bits per heavy atom. The monoisotopic (exact) mass is 699 g/mol. The van der Waals surface area contributed by atoms with Crippen LogP contribution in [0.15, 0.2) is 120 Å². The molecule has 248 valence electrons. The number of Topliss-reactive ketones (excluding diaryl/α,β-unsaturated/α-hetero) is 1. The Balaban J connectivity index is 1.19. The van der Waals surface area contributed by atoms with Gasteiger partial charge in [-0.15, -0.1) is 11.3 Å². The third kappa shape index (κ3) is 6.80. The summed E-state index contributed by atoms with van der Waals surface area (Å²) in [5.74, 6) is -0.301. The molecule has 0 aliphatic carbocycles. The highest BCUT2D eigenvalue weighted by atomic mass is 32.2. The Kier molecular flexibility index (Phi) is 9.29. The molecule has 7 aromatic rings. The number of thiazole rings is 1. The van der Waals surface area contributed by atoms with Crippen LogP contribution in [0, 0.1) is 5.82 Å². The second kappa shape index (κ2) is 14.1. The number of nitrogens with zero attached hydrogens (tertiary/aromatic N) is 2. The molecule has 0 unspecified atom stereocenters. The van der Waals surface area contributed by atoms with Crippen LogP contribution in [0.3, 0.4) is 0 Å². The van der Waals surface area contributed by atoms with Gasteiger partial charge in [-0.3, -0.25) is 14.4 Å². The highest BCUT2D eigenvalue weighted by molar-refractivity contribution is 8.01. The van der Waals surface area contributed by atoms with Crippen LogP contribution < -0.4 is 5.48 Å². The van der Waals surface area contributed by atoms with Gasteiger partial charge in [-0.1, -0.05) is 42.6 Å². The maximum absolute atomic E-state index is 13.6. The van der Waals surface area contributed by atoms with Gasteiger partial charge in [0.05, 0.1) is 26.9 Å². The SMILES string of the molecule is C=C(NOC(C)=O)c1ccc(-n2c3ccc(C(=O)CCCSc4nc5ccccc5s4)cc3c3cc(C(=O)c4ccc(F)cc4)ccc32)cc1. The zero-order chi connectivity index (χ0) is 34.8. The second-order valence-electron chi connectivity index (χ2n) is 11.7. The van der Waals surface area contributed by atoms with Crippen molar-refractivity contribution in [3.8, 4) is 5.69 Å². The van der Waals surface area contributed by atoms with Gasteiger partial charge >= 0.3 is 5.97 Å². The van der Waals surface area contributed by atoms with E-state index in [0.717, 1.165) is 53.4 Å². The number of hydroxylamine groups is 1. The highest BCUT2D eigenvalue weighted by Gasteiger charge is 2.18. The first-order valence-corrected chi connectivity index (χ1v) is 17.7. The highest BCUT2D eigenvalue weighted by Crippen LogP contribution is 2.35. The number of carbonyl (C=O) groups is 3. The largest absolute Gasteiger partial charge is 0.344 e. The Bertz CT molecular complexity index is 2400. The summed E-state index contributed by atoms with van der Waals surface area (Å²) in [7, 11) is 0. The van der Waals surface area contributed by atoms with Crippen molar-refractivity contribution in [2.45, 2.75) is 24.1 Å². The van der Waals surface area contributed by atoms with E-state index in [2.05, 4.69) is 27.7 Å². The summed E-state index contributed by atoms with van der Waals surface area (Å²) in [5, 5.41) is 1.63. The Labute approximate surface area is 295 Å². The maximum Gasteiger partial charge on any atom is 0.329 e. The average Bonchev–Trinajstić information content (AvgIpc) is 3.70. The zero-order valence-electron chi connectivity index (χ0n) is 26.9. The van der Waals surface area contributed by atoms with E-state index >= 15 is 0 Å². The molecule has 5 aromatic carbocycles. The number of carbonyl (C=O) groups excluding carboxylic acids is 3. The summed E-state index contributed by atoms with van der Waals surface area (Å²) >= 11 is 3.33. The molecule has 50 heavy (non-hydrogen) atoms. The summed E-state index contributed by atoms with van der Waals surface area (Å²) in [6, 6.07) is 32.3. The maximum atomic E-state index is 13.6. The van der Waals surface area contributed by atoms with Crippen LogP contribution in [-0.2, 0) is 9.63 Å². The molecule has 0 saturated carbocycles. The molecule has 0 bridgehead atoms. The fraction of sp³-hybridized carbons (Fsp3) is 0.100. The van der Waals surface area contributed by atoms with Gasteiger partial charge in [0, 0.05) is 57.8 Å². The minimum absolute atomic E-state index is 0.0411. The minimum Gasteiger partial charge on any atom is -0.344 e. The number of fused-ring (bicyclic) bond motifs is 4. The first-order chi connectivity index (χ1) is 24.2. The van der Waals surface area contributed by atoms with E-state index in [9.17, 15) is 18.8 Å². The molecule has 0 spiro atoms. The van der Waals surface area contributed by atoms with Crippen molar-refractivity contribution in [1.29, 1.82) is 0 Å². The van der Waals surface area contributed by atoms with Crippen LogP contribution in [0.1, 0.15) is 51.6 Å². The molecule has 7 nitrogen and oxygen atoms in total. The first kappa shape index (κ1) is 32.9. The van der Waals surface area contributed by atoms with E-state index in [1.165, 1.54) is 31.2 Å². The molecule has 0 radical (unpaired) electrons.